The topological polar surface area (TPSA) is 74.7 Å². The molecule has 1 atom stereocenters. The molecule has 6 nitrogen and oxygen atoms in total. The van der Waals surface area contributed by atoms with Crippen molar-refractivity contribution < 1.29 is 9.31 Å². The molecule has 21 heavy (non-hydrogen) atoms. The zero-order valence-corrected chi connectivity index (χ0v) is 13.1. The number of aromatic nitrogens is 3. The summed E-state index contributed by atoms with van der Waals surface area (Å²) in [5.41, 5.74) is 6.50. The number of fused-ring (bicyclic) bond motifs is 1. The van der Waals surface area contributed by atoms with E-state index in [4.69, 9.17) is 15.0 Å². The number of nitrogen functional groups attached to an aromatic ring is 1. The molecule has 0 saturated carbocycles. The summed E-state index contributed by atoms with van der Waals surface area (Å²) < 4.78 is 14.1. The molecule has 0 bridgehead atoms. The second-order valence-corrected chi connectivity index (χ2v) is 6.57. The fourth-order valence-electron chi connectivity index (χ4n) is 2.80. The van der Waals surface area contributed by atoms with Crippen molar-refractivity contribution in [1.82, 2.24) is 14.6 Å². The average Bonchev–Trinajstić information content (AvgIpc) is 2.86. The summed E-state index contributed by atoms with van der Waals surface area (Å²) >= 11 is 0. The molecule has 1 saturated heterocycles. The van der Waals surface area contributed by atoms with E-state index in [0.717, 1.165) is 5.46 Å². The SMILES string of the molecule is CC(C)C1(C)OB(c2ccn3nc(N)nc3c2)OC1(C)C. The Labute approximate surface area is 124 Å². The third kappa shape index (κ3) is 2.11. The van der Waals surface area contributed by atoms with E-state index in [-0.39, 0.29) is 17.2 Å². The second kappa shape index (κ2) is 4.45. The van der Waals surface area contributed by atoms with Crippen molar-refractivity contribution in [3.63, 3.8) is 0 Å². The van der Waals surface area contributed by atoms with Crippen molar-refractivity contribution in [2.24, 2.45) is 5.92 Å². The Hall–Kier alpha value is -1.60. The van der Waals surface area contributed by atoms with E-state index < -0.39 is 7.12 Å². The molecule has 7 heteroatoms. The molecule has 1 unspecified atom stereocenters. The van der Waals surface area contributed by atoms with Crippen LogP contribution in [0.1, 0.15) is 34.6 Å². The lowest BCUT2D eigenvalue weighted by atomic mass is 9.78. The average molecular weight is 288 g/mol. The number of nitrogens with two attached hydrogens (primary N) is 1. The Morgan fingerprint density at radius 2 is 2.00 bits per heavy atom. The number of rotatable bonds is 2. The van der Waals surface area contributed by atoms with Crippen LogP contribution in [0.2, 0.25) is 0 Å². The molecule has 3 heterocycles. The van der Waals surface area contributed by atoms with E-state index in [0.29, 0.717) is 11.6 Å². The van der Waals surface area contributed by atoms with Gasteiger partial charge in [-0.3, -0.25) is 0 Å². The highest BCUT2D eigenvalue weighted by Crippen LogP contribution is 2.42. The van der Waals surface area contributed by atoms with Crippen LogP contribution >= 0.6 is 0 Å². The third-order valence-corrected chi connectivity index (χ3v) is 4.70. The number of hydrogen-bond acceptors (Lipinski definition) is 5. The van der Waals surface area contributed by atoms with E-state index in [9.17, 15) is 0 Å². The van der Waals surface area contributed by atoms with Crippen molar-refractivity contribution in [2.75, 3.05) is 5.73 Å². The van der Waals surface area contributed by atoms with Gasteiger partial charge in [0.05, 0.1) is 11.2 Å². The molecule has 0 aromatic carbocycles. The normalized spacial score (nSPS) is 25.1. The maximum Gasteiger partial charge on any atom is 0.495 e. The highest BCUT2D eigenvalue weighted by molar-refractivity contribution is 6.62. The standard InChI is InChI=1S/C14H21BN4O2/c1-9(2)14(5)13(3,4)20-15(21-14)10-6-7-19-11(8-10)17-12(16)18-19/h6-9H,1-5H3,(H2,16,18). The van der Waals surface area contributed by atoms with E-state index in [2.05, 4.69) is 44.7 Å². The summed E-state index contributed by atoms with van der Waals surface area (Å²) in [6, 6.07) is 3.82. The zero-order chi connectivity index (χ0) is 15.4. The maximum atomic E-state index is 6.26. The fourth-order valence-corrected chi connectivity index (χ4v) is 2.80. The van der Waals surface area contributed by atoms with Crippen molar-refractivity contribution in [1.29, 1.82) is 0 Å². The van der Waals surface area contributed by atoms with Gasteiger partial charge in [0, 0.05) is 6.20 Å². The molecule has 0 spiro atoms. The summed E-state index contributed by atoms with van der Waals surface area (Å²) in [6.07, 6.45) is 1.82. The quantitative estimate of drug-likeness (QED) is 0.842. The van der Waals surface area contributed by atoms with Gasteiger partial charge in [0.25, 0.3) is 0 Å². The molecule has 0 aliphatic carbocycles. The van der Waals surface area contributed by atoms with Crippen LogP contribution in [0, 0.1) is 5.92 Å². The number of hydrogen-bond donors (Lipinski definition) is 1. The molecular weight excluding hydrogens is 267 g/mol. The largest absolute Gasteiger partial charge is 0.495 e. The van der Waals surface area contributed by atoms with Gasteiger partial charge in [0.2, 0.25) is 5.95 Å². The van der Waals surface area contributed by atoms with Crippen LogP contribution in [0.15, 0.2) is 18.3 Å². The first-order chi connectivity index (χ1) is 9.73. The van der Waals surface area contributed by atoms with Crippen LogP contribution < -0.4 is 11.2 Å². The van der Waals surface area contributed by atoms with Crippen molar-refractivity contribution in [3.8, 4) is 0 Å². The van der Waals surface area contributed by atoms with E-state index >= 15 is 0 Å². The summed E-state index contributed by atoms with van der Waals surface area (Å²) in [6.45, 7) is 10.5. The summed E-state index contributed by atoms with van der Waals surface area (Å²) in [5.74, 6) is 0.595. The summed E-state index contributed by atoms with van der Waals surface area (Å²) in [7, 11) is -0.407. The maximum absolute atomic E-state index is 6.26. The van der Waals surface area contributed by atoms with Crippen molar-refractivity contribution in [2.45, 2.75) is 45.8 Å². The van der Waals surface area contributed by atoms with Gasteiger partial charge in [0.15, 0.2) is 5.65 Å². The lowest BCUT2D eigenvalue weighted by Gasteiger charge is -2.39. The molecule has 2 aromatic rings. The first kappa shape index (κ1) is 14.3. The van der Waals surface area contributed by atoms with Gasteiger partial charge in [0.1, 0.15) is 0 Å². The molecule has 1 aliphatic rings. The summed E-state index contributed by atoms with van der Waals surface area (Å²) in [5, 5.41) is 4.07. The van der Waals surface area contributed by atoms with Crippen LogP contribution in [-0.4, -0.2) is 32.9 Å². The first-order valence-electron chi connectivity index (χ1n) is 7.20. The molecule has 1 fully saturated rings. The number of anilines is 1. The van der Waals surface area contributed by atoms with Gasteiger partial charge in [-0.15, -0.1) is 5.10 Å². The van der Waals surface area contributed by atoms with Gasteiger partial charge in [-0.1, -0.05) is 13.8 Å². The molecule has 112 valence electrons. The van der Waals surface area contributed by atoms with Crippen molar-refractivity contribution >= 4 is 24.2 Å². The molecule has 0 amide bonds. The second-order valence-electron chi connectivity index (χ2n) is 6.57. The Balaban J connectivity index is 1.97. The highest BCUT2D eigenvalue weighted by atomic mass is 16.7. The van der Waals surface area contributed by atoms with Crippen LogP contribution in [-0.2, 0) is 9.31 Å². The third-order valence-electron chi connectivity index (χ3n) is 4.70. The lowest BCUT2D eigenvalue weighted by molar-refractivity contribution is -0.0435. The smallest absolute Gasteiger partial charge is 0.399 e. The van der Waals surface area contributed by atoms with E-state index in [1.807, 2.05) is 18.3 Å². The zero-order valence-electron chi connectivity index (χ0n) is 13.1. The first-order valence-corrected chi connectivity index (χ1v) is 7.20. The summed E-state index contributed by atoms with van der Waals surface area (Å²) in [4.78, 5) is 4.17. The van der Waals surface area contributed by atoms with Crippen LogP contribution in [0.3, 0.4) is 0 Å². The number of nitrogens with zero attached hydrogens (tertiary/aromatic N) is 3. The lowest BCUT2D eigenvalue weighted by Crippen LogP contribution is -2.48. The number of pyridine rings is 1. The van der Waals surface area contributed by atoms with Crippen LogP contribution in [0.5, 0.6) is 0 Å². The van der Waals surface area contributed by atoms with Crippen LogP contribution in [0.4, 0.5) is 5.95 Å². The molecular formula is C14H21BN4O2. The van der Waals surface area contributed by atoms with Crippen molar-refractivity contribution in [3.05, 3.63) is 18.3 Å². The minimum Gasteiger partial charge on any atom is -0.399 e. The fraction of sp³-hybridized carbons (Fsp3) is 0.571. The molecule has 3 rings (SSSR count). The van der Waals surface area contributed by atoms with Gasteiger partial charge < -0.3 is 15.0 Å². The van der Waals surface area contributed by atoms with Gasteiger partial charge in [-0.05, 0) is 44.3 Å². The van der Waals surface area contributed by atoms with Crippen LogP contribution in [0.25, 0.3) is 5.65 Å². The predicted octanol–water partition coefficient (Wildman–Crippen LogP) is 1.25. The predicted molar refractivity (Wildman–Crippen MR) is 82.3 cm³/mol. The van der Waals surface area contributed by atoms with Gasteiger partial charge >= 0.3 is 7.12 Å². The minimum absolute atomic E-state index is 0.257. The molecule has 1 aliphatic heterocycles. The molecule has 2 aromatic heterocycles. The van der Waals surface area contributed by atoms with E-state index in [1.165, 1.54) is 0 Å². The highest BCUT2D eigenvalue weighted by Gasteiger charge is 2.56. The Morgan fingerprint density at radius 1 is 1.29 bits per heavy atom. The van der Waals surface area contributed by atoms with Gasteiger partial charge in [-0.25, -0.2) is 4.52 Å². The van der Waals surface area contributed by atoms with Gasteiger partial charge in [-0.2, -0.15) is 4.98 Å². The Kier molecular flexibility index (Phi) is 3.04. The monoisotopic (exact) mass is 288 g/mol. The Bertz CT molecular complexity index is 685. The molecule has 2 N–H and O–H groups in total. The van der Waals surface area contributed by atoms with E-state index in [1.54, 1.807) is 4.52 Å². The Morgan fingerprint density at radius 3 is 2.62 bits per heavy atom. The minimum atomic E-state index is -0.407. The molecule has 0 radical (unpaired) electrons.